The lowest BCUT2D eigenvalue weighted by Crippen LogP contribution is -2.36. The van der Waals surface area contributed by atoms with Gasteiger partial charge in [0.15, 0.2) is 5.12 Å². The molecule has 7 heteroatoms. The van der Waals surface area contributed by atoms with E-state index in [2.05, 4.69) is 5.32 Å². The maximum absolute atomic E-state index is 11.6. The molecule has 17 heavy (non-hydrogen) atoms. The minimum absolute atomic E-state index is 0.0613. The molecule has 0 aliphatic carbocycles. The van der Waals surface area contributed by atoms with Crippen molar-refractivity contribution in [1.82, 2.24) is 5.32 Å². The van der Waals surface area contributed by atoms with Crippen LogP contribution in [-0.2, 0) is 14.4 Å². The highest BCUT2D eigenvalue weighted by molar-refractivity contribution is 8.13. The summed E-state index contributed by atoms with van der Waals surface area (Å²) in [6.45, 7) is 1.50. The van der Waals surface area contributed by atoms with Crippen LogP contribution in [0.1, 0.15) is 19.8 Å². The van der Waals surface area contributed by atoms with Crippen molar-refractivity contribution >= 4 is 28.8 Å². The highest BCUT2D eigenvalue weighted by Gasteiger charge is 2.19. The average Bonchev–Trinajstić information content (AvgIpc) is 2.25. The van der Waals surface area contributed by atoms with Crippen molar-refractivity contribution in [3.8, 4) is 0 Å². The fourth-order valence-corrected chi connectivity index (χ4v) is 1.93. The Labute approximate surface area is 104 Å². The molecule has 1 unspecified atom stereocenters. The van der Waals surface area contributed by atoms with E-state index in [-0.39, 0.29) is 16.9 Å². The van der Waals surface area contributed by atoms with Gasteiger partial charge in [0.1, 0.15) is 6.54 Å². The third-order valence-electron chi connectivity index (χ3n) is 2.03. The summed E-state index contributed by atoms with van der Waals surface area (Å²) in [4.78, 5) is 32.8. The first-order chi connectivity index (χ1) is 7.97. The Bertz CT molecular complexity index is 283. The number of hydrogen-bond acceptors (Lipinski definition) is 5. The number of hydrogen-bond donors (Lipinski definition) is 3. The summed E-state index contributed by atoms with van der Waals surface area (Å²) in [5.74, 6) is -1.43. The van der Waals surface area contributed by atoms with E-state index in [1.165, 1.54) is 6.92 Å². The van der Waals surface area contributed by atoms with E-state index in [1.807, 2.05) is 0 Å². The molecule has 0 aromatic heterocycles. The number of thioether (sulfide) groups is 1. The molecular formula is C10H18N2O4S. The zero-order valence-corrected chi connectivity index (χ0v) is 10.6. The van der Waals surface area contributed by atoms with Gasteiger partial charge in [-0.05, 0) is 19.4 Å². The Morgan fingerprint density at radius 3 is 2.53 bits per heavy atom. The molecule has 0 saturated heterocycles. The van der Waals surface area contributed by atoms with Gasteiger partial charge in [-0.3, -0.25) is 14.4 Å². The van der Waals surface area contributed by atoms with E-state index in [0.717, 1.165) is 11.8 Å². The number of carboxylic acid groups (broad SMARTS) is 1. The maximum atomic E-state index is 11.6. The molecular weight excluding hydrogens is 244 g/mol. The number of aliphatic carboxylic acids is 1. The van der Waals surface area contributed by atoms with Gasteiger partial charge in [0.25, 0.3) is 0 Å². The van der Waals surface area contributed by atoms with Crippen molar-refractivity contribution in [2.75, 3.05) is 18.8 Å². The summed E-state index contributed by atoms with van der Waals surface area (Å²) in [6, 6.07) is 0. The average molecular weight is 262 g/mol. The Kier molecular flexibility index (Phi) is 8.43. The molecule has 0 aliphatic rings. The molecule has 0 heterocycles. The summed E-state index contributed by atoms with van der Waals surface area (Å²) in [5, 5.41) is 10.7. The molecule has 0 spiro atoms. The number of carbonyl (C=O) groups excluding carboxylic acids is 2. The normalized spacial score (nSPS) is 11.9. The predicted octanol–water partition coefficient (Wildman–Crippen LogP) is -0.178. The van der Waals surface area contributed by atoms with Crippen molar-refractivity contribution in [3.05, 3.63) is 0 Å². The smallest absolute Gasteiger partial charge is 0.322 e. The summed E-state index contributed by atoms with van der Waals surface area (Å²) in [6.07, 6.45) is 1.23. The molecule has 6 nitrogen and oxygen atoms in total. The van der Waals surface area contributed by atoms with Gasteiger partial charge in [-0.1, -0.05) is 11.8 Å². The molecule has 4 N–H and O–H groups in total. The first-order valence-electron chi connectivity index (χ1n) is 5.30. The Hall–Kier alpha value is -1.08. The van der Waals surface area contributed by atoms with Gasteiger partial charge >= 0.3 is 5.97 Å². The summed E-state index contributed by atoms with van der Waals surface area (Å²) >= 11 is 1.06. The molecule has 0 aromatic rings. The van der Waals surface area contributed by atoms with E-state index >= 15 is 0 Å². The van der Waals surface area contributed by atoms with Crippen molar-refractivity contribution in [2.45, 2.75) is 19.8 Å². The third-order valence-corrected chi connectivity index (χ3v) is 3.00. The molecule has 0 saturated carbocycles. The van der Waals surface area contributed by atoms with Gasteiger partial charge < -0.3 is 16.2 Å². The molecule has 1 amide bonds. The number of rotatable bonds is 8. The van der Waals surface area contributed by atoms with Gasteiger partial charge in [0, 0.05) is 18.6 Å². The Balaban J connectivity index is 4.18. The monoisotopic (exact) mass is 262 g/mol. The van der Waals surface area contributed by atoms with Gasteiger partial charge in [0.2, 0.25) is 5.91 Å². The number of carbonyl (C=O) groups is 3. The zero-order chi connectivity index (χ0) is 13.3. The SMILES string of the molecule is CC(=O)SCC(CCCN)C(=O)NCC(=O)O. The quantitative estimate of drug-likeness (QED) is 0.560. The minimum atomic E-state index is -1.09. The molecule has 0 fully saturated rings. The van der Waals surface area contributed by atoms with Crippen LogP contribution in [0.4, 0.5) is 0 Å². The maximum Gasteiger partial charge on any atom is 0.322 e. The fraction of sp³-hybridized carbons (Fsp3) is 0.700. The van der Waals surface area contributed by atoms with E-state index in [4.69, 9.17) is 10.8 Å². The number of amides is 1. The Morgan fingerprint density at radius 1 is 1.41 bits per heavy atom. The number of nitrogens with one attached hydrogen (secondary N) is 1. The second kappa shape index (κ2) is 9.00. The molecule has 0 aromatic carbocycles. The fourth-order valence-electron chi connectivity index (χ4n) is 1.18. The minimum Gasteiger partial charge on any atom is -0.480 e. The van der Waals surface area contributed by atoms with Crippen LogP contribution in [0.15, 0.2) is 0 Å². The van der Waals surface area contributed by atoms with Crippen molar-refractivity contribution in [1.29, 1.82) is 0 Å². The summed E-state index contributed by atoms with van der Waals surface area (Å²) < 4.78 is 0. The van der Waals surface area contributed by atoms with Crippen molar-refractivity contribution < 1.29 is 19.5 Å². The van der Waals surface area contributed by atoms with Gasteiger partial charge in [-0.2, -0.15) is 0 Å². The van der Waals surface area contributed by atoms with Crippen molar-refractivity contribution in [2.24, 2.45) is 11.7 Å². The molecule has 98 valence electrons. The third kappa shape index (κ3) is 8.70. The van der Waals surface area contributed by atoms with Gasteiger partial charge in [-0.15, -0.1) is 0 Å². The van der Waals surface area contributed by atoms with E-state index in [1.54, 1.807) is 0 Å². The molecule has 0 rings (SSSR count). The summed E-state index contributed by atoms with van der Waals surface area (Å²) in [5.41, 5.74) is 5.36. The van der Waals surface area contributed by atoms with Crippen LogP contribution in [0.25, 0.3) is 0 Å². The van der Waals surface area contributed by atoms with Crippen LogP contribution in [-0.4, -0.2) is 40.9 Å². The highest BCUT2D eigenvalue weighted by atomic mass is 32.2. The summed E-state index contributed by atoms with van der Waals surface area (Å²) in [7, 11) is 0. The molecule has 0 aliphatic heterocycles. The van der Waals surface area contributed by atoms with Gasteiger partial charge in [0.05, 0.1) is 0 Å². The highest BCUT2D eigenvalue weighted by Crippen LogP contribution is 2.14. The van der Waals surface area contributed by atoms with Crippen LogP contribution >= 0.6 is 11.8 Å². The molecule has 1 atom stereocenters. The van der Waals surface area contributed by atoms with Crippen LogP contribution < -0.4 is 11.1 Å². The van der Waals surface area contributed by atoms with Crippen molar-refractivity contribution in [3.63, 3.8) is 0 Å². The predicted molar refractivity (Wildman–Crippen MR) is 65.6 cm³/mol. The molecule has 0 bridgehead atoms. The first-order valence-corrected chi connectivity index (χ1v) is 6.28. The lowest BCUT2D eigenvalue weighted by molar-refractivity contribution is -0.138. The van der Waals surface area contributed by atoms with Gasteiger partial charge in [-0.25, -0.2) is 0 Å². The van der Waals surface area contributed by atoms with E-state index < -0.39 is 12.5 Å². The number of nitrogens with two attached hydrogens (primary N) is 1. The van der Waals surface area contributed by atoms with Crippen LogP contribution in [0.2, 0.25) is 0 Å². The number of carboxylic acids is 1. The molecule has 0 radical (unpaired) electrons. The lowest BCUT2D eigenvalue weighted by atomic mass is 10.0. The second-order valence-electron chi connectivity index (χ2n) is 3.54. The first kappa shape index (κ1) is 15.9. The largest absolute Gasteiger partial charge is 0.480 e. The van der Waals surface area contributed by atoms with Crippen LogP contribution in [0.3, 0.4) is 0 Å². The Morgan fingerprint density at radius 2 is 2.06 bits per heavy atom. The topological polar surface area (TPSA) is 109 Å². The van der Waals surface area contributed by atoms with Crippen LogP contribution in [0, 0.1) is 5.92 Å². The lowest BCUT2D eigenvalue weighted by Gasteiger charge is -2.14. The van der Waals surface area contributed by atoms with Crippen LogP contribution in [0.5, 0.6) is 0 Å². The van der Waals surface area contributed by atoms with E-state index in [9.17, 15) is 14.4 Å². The second-order valence-corrected chi connectivity index (χ2v) is 4.74. The van der Waals surface area contributed by atoms with E-state index in [0.29, 0.717) is 25.1 Å². The zero-order valence-electron chi connectivity index (χ0n) is 9.77. The standard InChI is InChI=1S/C10H18N2O4S/c1-7(13)17-6-8(3-2-4-11)10(16)12-5-9(14)15/h8H,2-6,11H2,1H3,(H,12,16)(H,14,15).